The second-order valence-corrected chi connectivity index (χ2v) is 8.55. The number of hydrogen-bond acceptors (Lipinski definition) is 4. The molecule has 0 heterocycles. The number of para-hydroxylation sites is 1. The number of halogens is 1. The number of benzene rings is 2. The Morgan fingerprint density at radius 1 is 1.03 bits per heavy atom. The van der Waals surface area contributed by atoms with Crippen LogP contribution >= 0.6 is 24.0 Å². The molecule has 160 valence electrons. The monoisotopic (exact) mass is 531 g/mol. The number of rotatable bonds is 10. The third kappa shape index (κ3) is 9.49. The molecule has 2 aromatic carbocycles. The SMILES string of the molecule is CCNC(=NCc1ccccc1OC)NCCCS(=O)(=O)Cc1ccccc1.I. The summed E-state index contributed by atoms with van der Waals surface area (Å²) in [6.45, 7) is 3.73. The van der Waals surface area contributed by atoms with Crippen molar-refractivity contribution in [1.29, 1.82) is 0 Å². The fourth-order valence-corrected chi connectivity index (χ4v) is 4.17. The average molecular weight is 531 g/mol. The van der Waals surface area contributed by atoms with Crippen molar-refractivity contribution < 1.29 is 13.2 Å². The minimum absolute atomic E-state index is 0. The second kappa shape index (κ2) is 13.4. The molecule has 0 radical (unpaired) electrons. The molecule has 0 aliphatic rings. The Balaban J connectivity index is 0.00000420. The van der Waals surface area contributed by atoms with Crippen LogP contribution in [-0.4, -0.2) is 40.3 Å². The van der Waals surface area contributed by atoms with Crippen molar-refractivity contribution in [3.05, 3.63) is 65.7 Å². The molecule has 2 N–H and O–H groups in total. The molecule has 29 heavy (non-hydrogen) atoms. The van der Waals surface area contributed by atoms with Crippen LogP contribution in [0.1, 0.15) is 24.5 Å². The predicted molar refractivity (Wildman–Crippen MR) is 130 cm³/mol. The summed E-state index contributed by atoms with van der Waals surface area (Å²) in [6, 6.07) is 17.0. The van der Waals surface area contributed by atoms with Gasteiger partial charge >= 0.3 is 0 Å². The maximum absolute atomic E-state index is 12.3. The fourth-order valence-electron chi connectivity index (χ4n) is 2.74. The summed E-state index contributed by atoms with van der Waals surface area (Å²) >= 11 is 0. The summed E-state index contributed by atoms with van der Waals surface area (Å²) in [4.78, 5) is 4.56. The Kier molecular flexibility index (Phi) is 11.7. The minimum Gasteiger partial charge on any atom is -0.496 e. The zero-order valence-corrected chi connectivity index (χ0v) is 20.1. The molecule has 0 bridgehead atoms. The topological polar surface area (TPSA) is 79.8 Å². The van der Waals surface area contributed by atoms with E-state index in [0.717, 1.165) is 23.4 Å². The molecule has 0 saturated heterocycles. The molecule has 0 aliphatic carbocycles. The maximum atomic E-state index is 12.3. The molecule has 0 fully saturated rings. The summed E-state index contributed by atoms with van der Waals surface area (Å²) < 4.78 is 29.9. The van der Waals surface area contributed by atoms with Crippen molar-refractivity contribution in [1.82, 2.24) is 10.6 Å². The molecule has 2 aromatic rings. The van der Waals surface area contributed by atoms with Gasteiger partial charge in [-0.3, -0.25) is 0 Å². The first-order valence-electron chi connectivity index (χ1n) is 9.42. The van der Waals surface area contributed by atoms with Crippen molar-refractivity contribution in [3.8, 4) is 5.75 Å². The van der Waals surface area contributed by atoms with E-state index < -0.39 is 9.84 Å². The largest absolute Gasteiger partial charge is 0.496 e. The van der Waals surface area contributed by atoms with E-state index >= 15 is 0 Å². The van der Waals surface area contributed by atoms with Crippen LogP contribution in [0.2, 0.25) is 0 Å². The van der Waals surface area contributed by atoms with E-state index in [2.05, 4.69) is 15.6 Å². The average Bonchev–Trinajstić information content (AvgIpc) is 2.70. The molecule has 6 nitrogen and oxygen atoms in total. The Bertz CT molecular complexity index is 858. The van der Waals surface area contributed by atoms with Crippen LogP contribution in [0.15, 0.2) is 59.6 Å². The number of sulfone groups is 1. The Morgan fingerprint density at radius 2 is 1.72 bits per heavy atom. The highest BCUT2D eigenvalue weighted by Crippen LogP contribution is 2.17. The van der Waals surface area contributed by atoms with E-state index in [9.17, 15) is 8.42 Å². The number of aliphatic imine (C=N–C) groups is 1. The summed E-state index contributed by atoms with van der Waals surface area (Å²) in [5.41, 5.74) is 1.81. The van der Waals surface area contributed by atoms with Crippen LogP contribution < -0.4 is 15.4 Å². The van der Waals surface area contributed by atoms with Crippen LogP contribution in [0.25, 0.3) is 0 Å². The summed E-state index contributed by atoms with van der Waals surface area (Å²) in [5.74, 6) is 1.68. The highest BCUT2D eigenvalue weighted by molar-refractivity contribution is 14.0. The van der Waals surface area contributed by atoms with Crippen molar-refractivity contribution >= 4 is 39.8 Å². The maximum Gasteiger partial charge on any atom is 0.191 e. The van der Waals surface area contributed by atoms with E-state index in [1.165, 1.54) is 0 Å². The number of nitrogens with zero attached hydrogens (tertiary/aromatic N) is 1. The molecule has 8 heteroatoms. The van der Waals surface area contributed by atoms with E-state index in [1.54, 1.807) is 7.11 Å². The van der Waals surface area contributed by atoms with Gasteiger partial charge in [0.15, 0.2) is 15.8 Å². The van der Waals surface area contributed by atoms with Crippen LogP contribution in [0.4, 0.5) is 0 Å². The van der Waals surface area contributed by atoms with Crippen LogP contribution in [0.5, 0.6) is 5.75 Å². The van der Waals surface area contributed by atoms with Gasteiger partial charge in [0.1, 0.15) is 5.75 Å². The second-order valence-electron chi connectivity index (χ2n) is 6.36. The van der Waals surface area contributed by atoms with E-state index in [1.807, 2.05) is 61.5 Å². The van der Waals surface area contributed by atoms with Crippen molar-refractivity contribution in [3.63, 3.8) is 0 Å². The standard InChI is InChI=1S/C21H29N3O3S.HI/c1-3-22-21(24-16-19-12-7-8-13-20(19)27-2)23-14-9-15-28(25,26)17-18-10-5-4-6-11-18;/h4-8,10-13H,3,9,14-17H2,1-2H3,(H2,22,23,24);1H. The number of guanidine groups is 1. The molecule has 0 unspecified atom stereocenters. The smallest absolute Gasteiger partial charge is 0.191 e. The highest BCUT2D eigenvalue weighted by Gasteiger charge is 2.11. The molecular weight excluding hydrogens is 501 g/mol. The molecule has 0 aliphatic heterocycles. The molecular formula is C21H30IN3O3S. The minimum atomic E-state index is -3.13. The van der Waals surface area contributed by atoms with Gasteiger partial charge in [-0.2, -0.15) is 0 Å². The van der Waals surface area contributed by atoms with Gasteiger partial charge in [0.25, 0.3) is 0 Å². The Morgan fingerprint density at radius 3 is 2.41 bits per heavy atom. The first kappa shape index (κ1) is 25.2. The molecule has 0 atom stereocenters. The normalized spacial score (nSPS) is 11.4. The fraction of sp³-hybridized carbons (Fsp3) is 0.381. The lowest BCUT2D eigenvalue weighted by atomic mass is 10.2. The van der Waals surface area contributed by atoms with Crippen molar-refractivity contribution in [2.75, 3.05) is 26.0 Å². The van der Waals surface area contributed by atoms with Gasteiger partial charge in [-0.1, -0.05) is 48.5 Å². The van der Waals surface area contributed by atoms with Gasteiger partial charge in [0, 0.05) is 18.7 Å². The quantitative estimate of drug-likeness (QED) is 0.213. The number of ether oxygens (including phenoxy) is 1. The van der Waals surface area contributed by atoms with Crippen LogP contribution in [0.3, 0.4) is 0 Å². The van der Waals surface area contributed by atoms with Crippen molar-refractivity contribution in [2.45, 2.75) is 25.6 Å². The van der Waals surface area contributed by atoms with Crippen LogP contribution in [-0.2, 0) is 22.1 Å². The van der Waals surface area contributed by atoms with Crippen LogP contribution in [0, 0.1) is 0 Å². The lowest BCUT2D eigenvalue weighted by Crippen LogP contribution is -2.38. The van der Waals surface area contributed by atoms with Gasteiger partial charge in [0.05, 0.1) is 25.2 Å². The number of methoxy groups -OCH3 is 1. The molecule has 0 aromatic heterocycles. The molecule has 2 rings (SSSR count). The Labute approximate surface area is 191 Å². The molecule has 0 amide bonds. The Hall–Kier alpha value is -1.81. The van der Waals surface area contributed by atoms with Gasteiger partial charge < -0.3 is 15.4 Å². The highest BCUT2D eigenvalue weighted by atomic mass is 127. The van der Waals surface area contributed by atoms with E-state index in [0.29, 0.717) is 25.5 Å². The lowest BCUT2D eigenvalue weighted by Gasteiger charge is -2.12. The number of hydrogen-bond donors (Lipinski definition) is 2. The van der Waals surface area contributed by atoms with E-state index in [-0.39, 0.29) is 35.5 Å². The zero-order chi connectivity index (χ0) is 20.2. The zero-order valence-electron chi connectivity index (χ0n) is 16.9. The predicted octanol–water partition coefficient (Wildman–Crippen LogP) is 3.37. The van der Waals surface area contributed by atoms with Gasteiger partial charge in [0.2, 0.25) is 0 Å². The third-order valence-corrected chi connectivity index (χ3v) is 5.78. The van der Waals surface area contributed by atoms with Crippen molar-refractivity contribution in [2.24, 2.45) is 4.99 Å². The van der Waals surface area contributed by atoms with Gasteiger partial charge in [-0.25, -0.2) is 13.4 Å². The first-order chi connectivity index (χ1) is 13.5. The lowest BCUT2D eigenvalue weighted by molar-refractivity contribution is 0.410. The van der Waals surface area contributed by atoms with E-state index in [4.69, 9.17) is 4.74 Å². The van der Waals surface area contributed by atoms with Gasteiger partial charge in [-0.05, 0) is 25.0 Å². The number of nitrogens with one attached hydrogen (secondary N) is 2. The van der Waals surface area contributed by atoms with Gasteiger partial charge in [-0.15, -0.1) is 24.0 Å². The summed E-state index contributed by atoms with van der Waals surface area (Å²) in [7, 11) is -1.49. The summed E-state index contributed by atoms with van der Waals surface area (Å²) in [6.07, 6.45) is 0.522. The first-order valence-corrected chi connectivity index (χ1v) is 11.2. The third-order valence-electron chi connectivity index (χ3n) is 4.10. The molecule has 0 spiro atoms. The molecule has 0 saturated carbocycles. The summed E-state index contributed by atoms with van der Waals surface area (Å²) in [5, 5.41) is 6.37.